The number of hydrogen-bond acceptors (Lipinski definition) is 2. The van der Waals surface area contributed by atoms with E-state index in [1.807, 2.05) is 41.1 Å². The number of carbonyl (C=O) groups is 1. The number of benzene rings is 2. The van der Waals surface area contributed by atoms with Crippen molar-refractivity contribution >= 4 is 12.0 Å². The molecule has 4 nitrogen and oxygen atoms in total. The van der Waals surface area contributed by atoms with Gasteiger partial charge in [-0.1, -0.05) is 48.5 Å². The summed E-state index contributed by atoms with van der Waals surface area (Å²) in [6.07, 6.45) is 6.42. The second kappa shape index (κ2) is 8.06. The summed E-state index contributed by atoms with van der Waals surface area (Å²) in [7, 11) is 0. The second-order valence-electron chi connectivity index (χ2n) is 5.46. The van der Waals surface area contributed by atoms with Crippen LogP contribution in [0.1, 0.15) is 5.56 Å². The van der Waals surface area contributed by atoms with Crippen LogP contribution in [0, 0.1) is 5.82 Å². The molecule has 1 aromatic heterocycles. The van der Waals surface area contributed by atoms with E-state index in [9.17, 15) is 9.18 Å². The second-order valence-corrected chi connectivity index (χ2v) is 5.46. The van der Waals surface area contributed by atoms with Gasteiger partial charge >= 0.3 is 0 Å². The molecule has 1 amide bonds. The molecule has 0 bridgehead atoms. The van der Waals surface area contributed by atoms with Crippen LogP contribution in [0.5, 0.6) is 0 Å². The normalized spacial score (nSPS) is 10.9. The van der Waals surface area contributed by atoms with E-state index < -0.39 is 0 Å². The lowest BCUT2D eigenvalue weighted by molar-refractivity contribution is -0.116. The zero-order chi connectivity index (χ0) is 17.5. The molecule has 3 aromatic rings. The zero-order valence-electron chi connectivity index (χ0n) is 13.6. The van der Waals surface area contributed by atoms with E-state index in [1.54, 1.807) is 24.4 Å². The summed E-state index contributed by atoms with van der Waals surface area (Å²) in [5, 5.41) is 2.79. The highest BCUT2D eigenvalue weighted by Gasteiger charge is 2.05. The number of hydrogen-bond donors (Lipinski definition) is 1. The predicted molar refractivity (Wildman–Crippen MR) is 96.1 cm³/mol. The van der Waals surface area contributed by atoms with Gasteiger partial charge in [0, 0.05) is 42.7 Å². The number of amides is 1. The average Bonchev–Trinajstić information content (AvgIpc) is 3.10. The largest absolute Gasteiger partial charge is 0.351 e. The lowest BCUT2D eigenvalue weighted by atomic mass is 10.2. The average molecular weight is 335 g/mol. The molecule has 5 heteroatoms. The summed E-state index contributed by atoms with van der Waals surface area (Å²) in [4.78, 5) is 16.2. The van der Waals surface area contributed by atoms with E-state index in [4.69, 9.17) is 0 Å². The van der Waals surface area contributed by atoms with E-state index in [0.29, 0.717) is 18.7 Å². The molecular formula is C20H18FN3O. The van der Waals surface area contributed by atoms with E-state index in [2.05, 4.69) is 10.3 Å². The van der Waals surface area contributed by atoms with E-state index in [-0.39, 0.29) is 11.7 Å². The maximum absolute atomic E-state index is 13.5. The summed E-state index contributed by atoms with van der Waals surface area (Å²) in [5.74, 6) is 0.249. The first-order chi connectivity index (χ1) is 12.2. The summed E-state index contributed by atoms with van der Waals surface area (Å²) in [6.45, 7) is 1.06. The van der Waals surface area contributed by atoms with Crippen molar-refractivity contribution in [1.82, 2.24) is 14.9 Å². The minimum atomic E-state index is -0.350. The third-order valence-corrected chi connectivity index (χ3v) is 3.72. The maximum atomic E-state index is 13.5. The molecule has 0 aliphatic carbocycles. The Kier molecular flexibility index (Phi) is 5.36. The van der Waals surface area contributed by atoms with Crippen LogP contribution in [0.2, 0.25) is 0 Å². The molecule has 3 rings (SSSR count). The summed E-state index contributed by atoms with van der Waals surface area (Å²) in [5.41, 5.74) is 1.41. The van der Waals surface area contributed by atoms with Crippen molar-refractivity contribution in [3.63, 3.8) is 0 Å². The third kappa shape index (κ3) is 4.41. The Morgan fingerprint density at radius 1 is 1.12 bits per heavy atom. The van der Waals surface area contributed by atoms with Crippen LogP contribution in [0.3, 0.4) is 0 Å². The van der Waals surface area contributed by atoms with Gasteiger partial charge in [0.15, 0.2) is 0 Å². The Balaban J connectivity index is 1.55. The highest BCUT2D eigenvalue weighted by molar-refractivity contribution is 5.91. The van der Waals surface area contributed by atoms with Crippen molar-refractivity contribution in [2.24, 2.45) is 0 Å². The van der Waals surface area contributed by atoms with Crippen molar-refractivity contribution in [3.8, 4) is 11.4 Å². The van der Waals surface area contributed by atoms with Crippen LogP contribution in [0.4, 0.5) is 4.39 Å². The molecule has 0 atom stereocenters. The molecule has 1 heterocycles. The van der Waals surface area contributed by atoms with Crippen LogP contribution < -0.4 is 5.32 Å². The van der Waals surface area contributed by atoms with E-state index >= 15 is 0 Å². The van der Waals surface area contributed by atoms with Gasteiger partial charge in [-0.25, -0.2) is 9.37 Å². The van der Waals surface area contributed by atoms with E-state index in [0.717, 1.165) is 11.4 Å². The van der Waals surface area contributed by atoms with Gasteiger partial charge in [0.2, 0.25) is 5.91 Å². The summed E-state index contributed by atoms with van der Waals surface area (Å²) >= 11 is 0. The molecule has 0 aliphatic rings. The maximum Gasteiger partial charge on any atom is 0.244 e. The topological polar surface area (TPSA) is 46.9 Å². The summed E-state index contributed by atoms with van der Waals surface area (Å²) < 4.78 is 15.5. The fourth-order valence-corrected chi connectivity index (χ4v) is 2.47. The lowest BCUT2D eigenvalue weighted by Gasteiger charge is -2.08. The van der Waals surface area contributed by atoms with Gasteiger partial charge in [0.05, 0.1) is 0 Å². The first-order valence-corrected chi connectivity index (χ1v) is 8.01. The SMILES string of the molecule is O=C(/C=C/c1ccccc1F)NCCn1ccnc1-c1ccccc1. The molecule has 0 unspecified atom stereocenters. The van der Waals surface area contributed by atoms with Crippen LogP contribution in [-0.2, 0) is 11.3 Å². The van der Waals surface area contributed by atoms with Crippen molar-refractivity contribution in [2.75, 3.05) is 6.54 Å². The molecule has 0 radical (unpaired) electrons. The zero-order valence-corrected chi connectivity index (χ0v) is 13.6. The third-order valence-electron chi connectivity index (χ3n) is 3.72. The smallest absolute Gasteiger partial charge is 0.244 e. The molecule has 1 N–H and O–H groups in total. The van der Waals surface area contributed by atoms with Crippen LogP contribution in [0.15, 0.2) is 73.1 Å². The molecular weight excluding hydrogens is 317 g/mol. The van der Waals surface area contributed by atoms with Gasteiger partial charge < -0.3 is 9.88 Å². The monoisotopic (exact) mass is 335 g/mol. The van der Waals surface area contributed by atoms with Crippen LogP contribution in [0.25, 0.3) is 17.5 Å². The fraction of sp³-hybridized carbons (Fsp3) is 0.100. The highest BCUT2D eigenvalue weighted by atomic mass is 19.1. The minimum absolute atomic E-state index is 0.260. The number of nitrogens with one attached hydrogen (secondary N) is 1. The van der Waals surface area contributed by atoms with Gasteiger partial charge in [-0.15, -0.1) is 0 Å². The first kappa shape index (κ1) is 16.6. The Hall–Kier alpha value is -3.21. The number of carbonyl (C=O) groups excluding carboxylic acids is 1. The van der Waals surface area contributed by atoms with Crippen molar-refractivity contribution in [2.45, 2.75) is 6.54 Å². The highest BCUT2D eigenvalue weighted by Crippen LogP contribution is 2.16. The molecule has 25 heavy (non-hydrogen) atoms. The molecule has 2 aromatic carbocycles. The Labute approximate surface area is 145 Å². The molecule has 0 fully saturated rings. The molecule has 0 aliphatic heterocycles. The Morgan fingerprint density at radius 3 is 2.68 bits per heavy atom. The molecule has 126 valence electrons. The van der Waals surface area contributed by atoms with Crippen LogP contribution in [-0.4, -0.2) is 22.0 Å². The van der Waals surface area contributed by atoms with Crippen molar-refractivity contribution in [3.05, 3.63) is 84.4 Å². The van der Waals surface area contributed by atoms with E-state index in [1.165, 1.54) is 18.2 Å². The van der Waals surface area contributed by atoms with Crippen LogP contribution >= 0.6 is 0 Å². The van der Waals surface area contributed by atoms with Gasteiger partial charge in [-0.2, -0.15) is 0 Å². The van der Waals surface area contributed by atoms with Gasteiger partial charge in [0.25, 0.3) is 0 Å². The molecule has 0 saturated carbocycles. The quantitative estimate of drug-likeness (QED) is 0.701. The number of aromatic nitrogens is 2. The number of imidazole rings is 1. The van der Waals surface area contributed by atoms with Gasteiger partial charge in [-0.3, -0.25) is 4.79 Å². The molecule has 0 saturated heterocycles. The number of rotatable bonds is 6. The van der Waals surface area contributed by atoms with Crippen molar-refractivity contribution in [1.29, 1.82) is 0 Å². The minimum Gasteiger partial charge on any atom is -0.351 e. The first-order valence-electron chi connectivity index (χ1n) is 8.01. The standard InChI is InChI=1S/C20H18FN3O/c21-18-9-5-4-6-16(18)10-11-19(25)22-12-14-24-15-13-23-20(24)17-7-2-1-3-8-17/h1-11,13,15H,12,14H2,(H,22,25)/b11-10+. The summed E-state index contributed by atoms with van der Waals surface area (Å²) in [6, 6.07) is 16.2. The number of halogens is 1. The Bertz CT molecular complexity index is 871. The molecule has 0 spiro atoms. The van der Waals surface area contributed by atoms with Gasteiger partial charge in [0.1, 0.15) is 11.6 Å². The predicted octanol–water partition coefficient (Wildman–Crippen LogP) is 3.52. The Morgan fingerprint density at radius 2 is 1.88 bits per heavy atom. The number of nitrogens with zero attached hydrogens (tertiary/aromatic N) is 2. The fourth-order valence-electron chi connectivity index (χ4n) is 2.47. The van der Waals surface area contributed by atoms with Crippen molar-refractivity contribution < 1.29 is 9.18 Å². The van der Waals surface area contributed by atoms with Gasteiger partial charge in [-0.05, 0) is 12.1 Å². The lowest BCUT2D eigenvalue weighted by Crippen LogP contribution is -2.25.